The fourth-order valence-corrected chi connectivity index (χ4v) is 1.61. The Labute approximate surface area is 91.9 Å². The summed E-state index contributed by atoms with van der Waals surface area (Å²) in [5.74, 6) is 0.264. The van der Waals surface area contributed by atoms with E-state index in [1.165, 1.54) is 0 Å². The molecule has 1 saturated heterocycles. The maximum atomic E-state index is 11.7. The van der Waals surface area contributed by atoms with Gasteiger partial charge in [0, 0.05) is 45.7 Å². The minimum absolute atomic E-state index is 0.264. The van der Waals surface area contributed by atoms with Crippen molar-refractivity contribution >= 4 is 5.91 Å². The van der Waals surface area contributed by atoms with Gasteiger partial charge in [-0.25, -0.2) is 0 Å². The lowest BCUT2D eigenvalue weighted by Crippen LogP contribution is -2.47. The normalized spacial score (nSPS) is 17.8. The zero-order valence-electron chi connectivity index (χ0n) is 9.54. The van der Waals surface area contributed by atoms with Crippen LogP contribution in [0.3, 0.4) is 0 Å². The van der Waals surface area contributed by atoms with Gasteiger partial charge in [-0.2, -0.15) is 0 Å². The first kappa shape index (κ1) is 12.2. The third kappa shape index (κ3) is 4.44. The first-order chi connectivity index (χ1) is 7.24. The second kappa shape index (κ2) is 6.58. The highest BCUT2D eigenvalue weighted by molar-refractivity contribution is 5.76. The molecule has 4 heteroatoms. The van der Waals surface area contributed by atoms with Crippen LogP contribution in [0.5, 0.6) is 0 Å². The van der Waals surface area contributed by atoms with Crippen LogP contribution in [0.4, 0.5) is 0 Å². The molecule has 0 radical (unpaired) electrons. The van der Waals surface area contributed by atoms with Gasteiger partial charge in [-0.05, 0) is 7.05 Å². The van der Waals surface area contributed by atoms with Crippen molar-refractivity contribution in [2.75, 3.05) is 46.3 Å². The summed E-state index contributed by atoms with van der Waals surface area (Å²) in [6.07, 6.45) is 2.40. The zero-order chi connectivity index (χ0) is 11.1. The van der Waals surface area contributed by atoms with Crippen molar-refractivity contribution in [1.29, 1.82) is 0 Å². The van der Waals surface area contributed by atoms with E-state index < -0.39 is 0 Å². The monoisotopic (exact) mass is 211 g/mol. The van der Waals surface area contributed by atoms with Crippen LogP contribution in [0, 0.1) is 0 Å². The number of hydrogen-bond donors (Lipinski definition) is 1. The minimum Gasteiger partial charge on any atom is -0.340 e. The van der Waals surface area contributed by atoms with E-state index in [9.17, 15) is 4.79 Å². The van der Waals surface area contributed by atoms with E-state index >= 15 is 0 Å². The molecule has 0 bridgehead atoms. The number of carbonyl (C=O) groups is 1. The van der Waals surface area contributed by atoms with Gasteiger partial charge in [-0.3, -0.25) is 4.79 Å². The smallest absolute Gasteiger partial charge is 0.223 e. The summed E-state index contributed by atoms with van der Waals surface area (Å²) in [6.45, 7) is 8.86. The van der Waals surface area contributed by atoms with E-state index in [1.807, 2.05) is 4.90 Å². The molecule has 0 aromatic carbocycles. The summed E-state index contributed by atoms with van der Waals surface area (Å²) < 4.78 is 0. The number of likely N-dealkylation sites (N-methyl/N-ethyl adjacent to an activating group) is 1. The number of piperazine rings is 1. The van der Waals surface area contributed by atoms with Crippen LogP contribution in [0.15, 0.2) is 12.7 Å². The average molecular weight is 211 g/mol. The van der Waals surface area contributed by atoms with E-state index in [-0.39, 0.29) is 5.91 Å². The van der Waals surface area contributed by atoms with Crippen molar-refractivity contribution < 1.29 is 4.79 Å². The lowest BCUT2D eigenvalue weighted by atomic mass is 10.3. The van der Waals surface area contributed by atoms with Crippen molar-refractivity contribution in [3.63, 3.8) is 0 Å². The molecule has 0 unspecified atom stereocenters. The lowest BCUT2D eigenvalue weighted by Gasteiger charge is -2.32. The largest absolute Gasteiger partial charge is 0.340 e. The average Bonchev–Trinajstić information content (AvgIpc) is 2.25. The number of nitrogens with one attached hydrogen (secondary N) is 1. The molecule has 0 atom stereocenters. The molecule has 1 fully saturated rings. The highest BCUT2D eigenvalue weighted by Crippen LogP contribution is 2.01. The molecular weight excluding hydrogens is 190 g/mol. The molecule has 1 aliphatic heterocycles. The van der Waals surface area contributed by atoms with Crippen molar-refractivity contribution in [2.24, 2.45) is 0 Å². The van der Waals surface area contributed by atoms with Crippen LogP contribution in [0.25, 0.3) is 0 Å². The summed E-state index contributed by atoms with van der Waals surface area (Å²) in [5, 5.41) is 3.14. The van der Waals surface area contributed by atoms with Gasteiger partial charge in [0.1, 0.15) is 0 Å². The molecule has 1 N–H and O–H groups in total. The summed E-state index contributed by atoms with van der Waals surface area (Å²) in [6, 6.07) is 0. The highest BCUT2D eigenvalue weighted by Gasteiger charge is 2.17. The Bertz CT molecular complexity index is 210. The fourth-order valence-electron chi connectivity index (χ4n) is 1.61. The van der Waals surface area contributed by atoms with Crippen molar-refractivity contribution in [2.45, 2.75) is 6.42 Å². The Balaban J connectivity index is 2.14. The molecule has 86 valence electrons. The predicted octanol–water partition coefficient (Wildman–Crippen LogP) is -0.0739. The first-order valence-corrected chi connectivity index (χ1v) is 5.52. The van der Waals surface area contributed by atoms with E-state index in [1.54, 1.807) is 6.08 Å². The molecule has 0 spiro atoms. The fraction of sp³-hybridized carbons (Fsp3) is 0.727. The number of hydrogen-bond acceptors (Lipinski definition) is 3. The van der Waals surface area contributed by atoms with Gasteiger partial charge in [0.25, 0.3) is 0 Å². The van der Waals surface area contributed by atoms with Gasteiger partial charge < -0.3 is 15.1 Å². The molecular formula is C11H21N3O. The second-order valence-corrected chi connectivity index (χ2v) is 3.93. The van der Waals surface area contributed by atoms with Gasteiger partial charge in [0.15, 0.2) is 0 Å². The van der Waals surface area contributed by atoms with Crippen molar-refractivity contribution in [1.82, 2.24) is 15.1 Å². The second-order valence-electron chi connectivity index (χ2n) is 3.93. The maximum Gasteiger partial charge on any atom is 0.223 e. The molecule has 0 aromatic heterocycles. The van der Waals surface area contributed by atoms with Crippen molar-refractivity contribution in [3.8, 4) is 0 Å². The molecule has 0 aliphatic carbocycles. The number of rotatable bonds is 5. The van der Waals surface area contributed by atoms with Gasteiger partial charge in [0.05, 0.1) is 0 Å². The highest BCUT2D eigenvalue weighted by atomic mass is 16.2. The van der Waals surface area contributed by atoms with Gasteiger partial charge in [-0.1, -0.05) is 6.08 Å². The van der Waals surface area contributed by atoms with Crippen LogP contribution < -0.4 is 5.32 Å². The Morgan fingerprint density at radius 1 is 1.40 bits per heavy atom. The maximum absolute atomic E-state index is 11.7. The van der Waals surface area contributed by atoms with E-state index in [0.29, 0.717) is 6.42 Å². The molecule has 1 aliphatic rings. The Morgan fingerprint density at radius 3 is 2.67 bits per heavy atom. The number of carbonyl (C=O) groups excluding carboxylic acids is 1. The van der Waals surface area contributed by atoms with Crippen LogP contribution in [-0.4, -0.2) is 62.0 Å². The van der Waals surface area contributed by atoms with Crippen LogP contribution in [0.2, 0.25) is 0 Å². The third-order valence-electron chi connectivity index (χ3n) is 2.66. The van der Waals surface area contributed by atoms with Crippen LogP contribution in [0.1, 0.15) is 6.42 Å². The minimum atomic E-state index is 0.264. The molecule has 1 amide bonds. The molecule has 0 saturated carbocycles. The summed E-state index contributed by atoms with van der Waals surface area (Å²) in [7, 11) is 2.09. The van der Waals surface area contributed by atoms with E-state index in [4.69, 9.17) is 0 Å². The Hall–Kier alpha value is -0.870. The summed E-state index contributed by atoms with van der Waals surface area (Å²) in [5.41, 5.74) is 0. The van der Waals surface area contributed by atoms with Gasteiger partial charge >= 0.3 is 0 Å². The quantitative estimate of drug-likeness (QED) is 0.510. The number of amides is 1. The lowest BCUT2D eigenvalue weighted by molar-refractivity contribution is -0.132. The Kier molecular flexibility index (Phi) is 5.36. The van der Waals surface area contributed by atoms with E-state index in [2.05, 4.69) is 23.8 Å². The van der Waals surface area contributed by atoms with Crippen LogP contribution in [-0.2, 0) is 4.79 Å². The molecule has 1 heterocycles. The first-order valence-electron chi connectivity index (χ1n) is 5.52. The third-order valence-corrected chi connectivity index (χ3v) is 2.66. The van der Waals surface area contributed by atoms with Crippen molar-refractivity contribution in [3.05, 3.63) is 12.7 Å². The number of nitrogens with zero attached hydrogens (tertiary/aromatic N) is 2. The van der Waals surface area contributed by atoms with Gasteiger partial charge in [-0.15, -0.1) is 6.58 Å². The van der Waals surface area contributed by atoms with Gasteiger partial charge in [0.2, 0.25) is 5.91 Å². The Morgan fingerprint density at radius 2 is 2.07 bits per heavy atom. The topological polar surface area (TPSA) is 35.6 Å². The predicted molar refractivity (Wildman–Crippen MR) is 61.8 cm³/mol. The SMILES string of the molecule is C=CCNCCC(=O)N1CCN(C)CC1. The van der Waals surface area contributed by atoms with Crippen LogP contribution >= 0.6 is 0 Å². The molecule has 4 nitrogen and oxygen atoms in total. The molecule has 1 rings (SSSR count). The molecule has 0 aromatic rings. The summed E-state index contributed by atoms with van der Waals surface area (Å²) in [4.78, 5) is 15.9. The zero-order valence-corrected chi connectivity index (χ0v) is 9.54. The standard InChI is InChI=1S/C11H21N3O/c1-3-5-12-6-4-11(15)14-9-7-13(2)8-10-14/h3,12H,1,4-10H2,2H3. The summed E-state index contributed by atoms with van der Waals surface area (Å²) >= 11 is 0. The van der Waals surface area contributed by atoms with E-state index in [0.717, 1.165) is 39.3 Å². The molecule has 15 heavy (non-hydrogen) atoms.